The Kier molecular flexibility index (Phi) is 8.63. The van der Waals surface area contributed by atoms with Crippen LogP contribution in [0, 0.1) is 0 Å². The summed E-state index contributed by atoms with van der Waals surface area (Å²) in [5.41, 5.74) is 1.08. The van der Waals surface area contributed by atoms with Crippen molar-refractivity contribution in [3.8, 4) is 11.5 Å². The zero-order valence-electron chi connectivity index (χ0n) is 14.0. The fourth-order valence-corrected chi connectivity index (χ4v) is 2.57. The first kappa shape index (κ1) is 18.5. The van der Waals surface area contributed by atoms with Crippen molar-refractivity contribution in [3.63, 3.8) is 0 Å². The van der Waals surface area contributed by atoms with Crippen molar-refractivity contribution in [2.45, 2.75) is 38.8 Å². The lowest BCUT2D eigenvalue weighted by atomic mass is 10.1. The van der Waals surface area contributed by atoms with E-state index in [0.29, 0.717) is 6.54 Å². The van der Waals surface area contributed by atoms with E-state index in [1.807, 2.05) is 24.3 Å². The van der Waals surface area contributed by atoms with Crippen LogP contribution in [0.2, 0.25) is 0 Å². The molecule has 1 N–H and O–H groups in total. The maximum absolute atomic E-state index is 10.1. The maximum atomic E-state index is 10.1. The number of hydrogen-bond donors (Lipinski definition) is 1. The molecule has 1 rings (SSSR count). The average Bonchev–Trinajstić information content (AvgIpc) is 2.52. The molecule has 0 saturated heterocycles. The van der Waals surface area contributed by atoms with Crippen LogP contribution in [0.15, 0.2) is 30.9 Å². The number of rotatable bonds is 11. The fraction of sp³-hybridized carbons (Fsp3) is 0.556. The number of ether oxygens (including phenoxy) is 2. The summed E-state index contributed by atoms with van der Waals surface area (Å²) >= 11 is 0. The molecule has 0 heterocycles. The predicted molar refractivity (Wildman–Crippen MR) is 90.6 cm³/mol. The molecule has 0 aliphatic carbocycles. The van der Waals surface area contributed by atoms with Gasteiger partial charge >= 0.3 is 0 Å². The van der Waals surface area contributed by atoms with Gasteiger partial charge in [-0.2, -0.15) is 0 Å². The van der Waals surface area contributed by atoms with Crippen molar-refractivity contribution < 1.29 is 14.6 Å². The molecule has 0 aromatic heterocycles. The highest BCUT2D eigenvalue weighted by Gasteiger charge is 2.15. The predicted octanol–water partition coefficient (Wildman–Crippen LogP) is 3.24. The molecule has 1 aromatic rings. The van der Waals surface area contributed by atoms with Crippen LogP contribution in [0.25, 0.3) is 0 Å². The molecule has 124 valence electrons. The smallest absolute Gasteiger partial charge is 0.165 e. The number of para-hydroxylation sites is 1. The third-order valence-corrected chi connectivity index (χ3v) is 3.59. The molecule has 1 aromatic carbocycles. The first-order chi connectivity index (χ1) is 10.7. The SMILES string of the molecule is C=CCC[C@H](O)CN(CCC)Cc1cccc(OC)c1OC. The Labute approximate surface area is 134 Å². The zero-order chi connectivity index (χ0) is 16.4. The van der Waals surface area contributed by atoms with Crippen LogP contribution in [0.5, 0.6) is 11.5 Å². The Balaban J connectivity index is 2.79. The summed E-state index contributed by atoms with van der Waals surface area (Å²) < 4.78 is 10.8. The minimum Gasteiger partial charge on any atom is -0.493 e. The van der Waals surface area contributed by atoms with Gasteiger partial charge in [0.05, 0.1) is 20.3 Å². The van der Waals surface area contributed by atoms with Gasteiger partial charge in [-0.25, -0.2) is 0 Å². The van der Waals surface area contributed by atoms with Crippen molar-refractivity contribution in [2.24, 2.45) is 0 Å². The highest BCUT2D eigenvalue weighted by Crippen LogP contribution is 2.31. The first-order valence-electron chi connectivity index (χ1n) is 7.87. The molecule has 1 atom stereocenters. The average molecular weight is 307 g/mol. The molecule has 0 unspecified atom stereocenters. The topological polar surface area (TPSA) is 41.9 Å². The zero-order valence-corrected chi connectivity index (χ0v) is 14.0. The molecule has 0 bridgehead atoms. The normalized spacial score (nSPS) is 12.2. The number of hydrogen-bond acceptors (Lipinski definition) is 4. The highest BCUT2D eigenvalue weighted by molar-refractivity contribution is 5.46. The number of aliphatic hydroxyl groups is 1. The number of nitrogens with zero attached hydrogens (tertiary/aromatic N) is 1. The molecular formula is C18H29NO3. The molecule has 0 fully saturated rings. The van der Waals surface area contributed by atoms with Crippen LogP contribution in [-0.4, -0.2) is 43.4 Å². The van der Waals surface area contributed by atoms with Crippen LogP contribution in [0.4, 0.5) is 0 Å². The van der Waals surface area contributed by atoms with Gasteiger partial charge in [-0.15, -0.1) is 6.58 Å². The van der Waals surface area contributed by atoms with E-state index in [0.717, 1.165) is 49.4 Å². The molecule has 0 saturated carbocycles. The molecule has 0 amide bonds. The molecule has 0 aliphatic rings. The monoisotopic (exact) mass is 307 g/mol. The van der Waals surface area contributed by atoms with E-state index in [9.17, 15) is 5.11 Å². The Morgan fingerprint density at radius 3 is 2.68 bits per heavy atom. The lowest BCUT2D eigenvalue weighted by Gasteiger charge is -2.25. The minimum absolute atomic E-state index is 0.332. The van der Waals surface area contributed by atoms with Gasteiger partial charge in [0.1, 0.15) is 0 Å². The number of aliphatic hydroxyl groups excluding tert-OH is 1. The summed E-state index contributed by atoms with van der Waals surface area (Å²) in [5.74, 6) is 1.51. The quantitative estimate of drug-likeness (QED) is 0.637. The van der Waals surface area contributed by atoms with E-state index in [2.05, 4.69) is 18.4 Å². The van der Waals surface area contributed by atoms with Crippen LogP contribution in [-0.2, 0) is 6.54 Å². The second kappa shape index (κ2) is 10.2. The summed E-state index contributed by atoms with van der Waals surface area (Å²) in [6, 6.07) is 5.90. The van der Waals surface area contributed by atoms with Gasteiger partial charge in [0.25, 0.3) is 0 Å². The first-order valence-corrected chi connectivity index (χ1v) is 7.87. The van der Waals surface area contributed by atoms with Crippen LogP contribution in [0.1, 0.15) is 31.7 Å². The molecule has 4 nitrogen and oxygen atoms in total. The Morgan fingerprint density at radius 2 is 2.09 bits per heavy atom. The molecule has 4 heteroatoms. The molecule has 0 aliphatic heterocycles. The van der Waals surface area contributed by atoms with Gasteiger partial charge < -0.3 is 14.6 Å². The van der Waals surface area contributed by atoms with Crippen LogP contribution >= 0.6 is 0 Å². The van der Waals surface area contributed by atoms with Gasteiger partial charge in [-0.1, -0.05) is 25.1 Å². The van der Waals surface area contributed by atoms with Crippen LogP contribution < -0.4 is 9.47 Å². The number of benzene rings is 1. The summed E-state index contributed by atoms with van der Waals surface area (Å²) in [4.78, 5) is 2.26. The fourth-order valence-electron chi connectivity index (χ4n) is 2.57. The Bertz CT molecular complexity index is 448. The van der Waals surface area contributed by atoms with E-state index >= 15 is 0 Å². The Morgan fingerprint density at radius 1 is 1.32 bits per heavy atom. The summed E-state index contributed by atoms with van der Waals surface area (Å²) in [6.07, 6.45) is 4.14. The van der Waals surface area contributed by atoms with E-state index in [-0.39, 0.29) is 6.10 Å². The minimum atomic E-state index is -0.332. The van der Waals surface area contributed by atoms with Crippen LogP contribution in [0.3, 0.4) is 0 Å². The van der Waals surface area contributed by atoms with Gasteiger partial charge in [0.2, 0.25) is 0 Å². The van der Waals surface area contributed by atoms with Gasteiger partial charge in [-0.3, -0.25) is 4.90 Å². The largest absolute Gasteiger partial charge is 0.493 e. The van der Waals surface area contributed by atoms with Crippen molar-refractivity contribution in [3.05, 3.63) is 36.4 Å². The van der Waals surface area contributed by atoms with E-state index < -0.39 is 0 Å². The van der Waals surface area contributed by atoms with Gasteiger partial charge in [0, 0.05) is 18.7 Å². The third-order valence-electron chi connectivity index (χ3n) is 3.59. The van der Waals surface area contributed by atoms with E-state index in [1.54, 1.807) is 14.2 Å². The Hall–Kier alpha value is -1.52. The van der Waals surface area contributed by atoms with Crippen molar-refractivity contribution in [2.75, 3.05) is 27.3 Å². The molecular weight excluding hydrogens is 278 g/mol. The van der Waals surface area contributed by atoms with Crippen molar-refractivity contribution >= 4 is 0 Å². The van der Waals surface area contributed by atoms with Crippen molar-refractivity contribution in [1.29, 1.82) is 0 Å². The van der Waals surface area contributed by atoms with Crippen molar-refractivity contribution in [1.82, 2.24) is 4.90 Å². The van der Waals surface area contributed by atoms with E-state index in [1.165, 1.54) is 0 Å². The molecule has 0 spiro atoms. The van der Waals surface area contributed by atoms with E-state index in [4.69, 9.17) is 9.47 Å². The second-order valence-electron chi connectivity index (χ2n) is 5.41. The summed E-state index contributed by atoms with van der Waals surface area (Å²) in [5, 5.41) is 10.1. The second-order valence-corrected chi connectivity index (χ2v) is 5.41. The number of methoxy groups -OCH3 is 2. The maximum Gasteiger partial charge on any atom is 0.165 e. The van der Waals surface area contributed by atoms with Gasteiger partial charge in [-0.05, 0) is 31.9 Å². The molecule has 0 radical (unpaired) electrons. The van der Waals surface area contributed by atoms with Gasteiger partial charge in [0.15, 0.2) is 11.5 Å². The molecule has 22 heavy (non-hydrogen) atoms. The lowest BCUT2D eigenvalue weighted by Crippen LogP contribution is -2.32. The summed E-state index contributed by atoms with van der Waals surface area (Å²) in [7, 11) is 3.30. The summed E-state index contributed by atoms with van der Waals surface area (Å²) in [6.45, 7) is 8.17. The highest BCUT2D eigenvalue weighted by atomic mass is 16.5. The number of allylic oxidation sites excluding steroid dienone is 1. The third kappa shape index (κ3) is 5.70. The standard InChI is InChI=1S/C18H29NO3/c1-5-7-10-16(20)14-19(12-6-2)13-15-9-8-11-17(21-3)18(15)22-4/h5,8-9,11,16,20H,1,6-7,10,12-14H2,2-4H3/t16-/m0/s1. The lowest BCUT2D eigenvalue weighted by molar-refractivity contribution is 0.102.